The van der Waals surface area contributed by atoms with E-state index in [1.807, 2.05) is 30.1 Å². The van der Waals surface area contributed by atoms with Crippen molar-refractivity contribution in [3.63, 3.8) is 0 Å². The number of nitrogen functional groups attached to an aromatic ring is 1. The van der Waals surface area contributed by atoms with E-state index in [2.05, 4.69) is 33.2 Å². The van der Waals surface area contributed by atoms with Crippen LogP contribution in [-0.2, 0) is 13.6 Å². The first-order chi connectivity index (χ1) is 9.70. The van der Waals surface area contributed by atoms with E-state index in [0.29, 0.717) is 0 Å². The van der Waals surface area contributed by atoms with E-state index in [9.17, 15) is 0 Å². The highest BCUT2D eigenvalue weighted by Gasteiger charge is 2.17. The number of rotatable bonds is 3. The van der Waals surface area contributed by atoms with Crippen LogP contribution in [0.1, 0.15) is 5.56 Å². The Bertz CT molecular complexity index is 552. The summed E-state index contributed by atoms with van der Waals surface area (Å²) in [4.78, 5) is 4.89. The fourth-order valence-corrected chi connectivity index (χ4v) is 2.66. The quantitative estimate of drug-likeness (QED) is 0.856. The maximum atomic E-state index is 5.73. The summed E-state index contributed by atoms with van der Waals surface area (Å²) in [5.74, 6) is 0. The van der Waals surface area contributed by atoms with Gasteiger partial charge in [0.25, 0.3) is 0 Å². The SMILES string of the molecule is Cn1cc(CN2CCN(c3ccc(N)cc3)CC2)cn1. The second-order valence-corrected chi connectivity index (χ2v) is 5.38. The van der Waals surface area contributed by atoms with Crippen molar-refractivity contribution < 1.29 is 0 Å². The van der Waals surface area contributed by atoms with Gasteiger partial charge in [0.1, 0.15) is 0 Å². The summed E-state index contributed by atoms with van der Waals surface area (Å²) in [7, 11) is 1.96. The van der Waals surface area contributed by atoms with Crippen molar-refractivity contribution in [3.05, 3.63) is 42.2 Å². The van der Waals surface area contributed by atoms with E-state index in [0.717, 1.165) is 38.4 Å². The molecule has 20 heavy (non-hydrogen) atoms. The van der Waals surface area contributed by atoms with E-state index < -0.39 is 0 Å². The zero-order valence-electron chi connectivity index (χ0n) is 11.9. The second-order valence-electron chi connectivity index (χ2n) is 5.38. The van der Waals surface area contributed by atoms with Crippen molar-refractivity contribution in [3.8, 4) is 0 Å². The molecule has 0 atom stereocenters. The molecule has 0 bridgehead atoms. The predicted octanol–water partition coefficient (Wildman–Crippen LogP) is 1.32. The summed E-state index contributed by atoms with van der Waals surface area (Å²) in [6, 6.07) is 8.15. The molecule has 1 aromatic heterocycles. The Morgan fingerprint density at radius 1 is 1.10 bits per heavy atom. The zero-order chi connectivity index (χ0) is 13.9. The van der Waals surface area contributed by atoms with E-state index in [4.69, 9.17) is 5.73 Å². The Kier molecular flexibility index (Phi) is 3.60. The summed E-state index contributed by atoms with van der Waals surface area (Å²) in [5, 5.41) is 4.22. The van der Waals surface area contributed by atoms with Gasteiger partial charge in [0.05, 0.1) is 6.20 Å². The number of aromatic nitrogens is 2. The van der Waals surface area contributed by atoms with Crippen LogP contribution < -0.4 is 10.6 Å². The molecule has 1 aliphatic heterocycles. The molecule has 2 aromatic rings. The summed E-state index contributed by atoms with van der Waals surface area (Å²) >= 11 is 0. The Morgan fingerprint density at radius 2 is 1.80 bits per heavy atom. The van der Waals surface area contributed by atoms with Crippen LogP contribution in [0.25, 0.3) is 0 Å². The number of hydrogen-bond donors (Lipinski definition) is 1. The lowest BCUT2D eigenvalue weighted by Crippen LogP contribution is -2.45. The lowest BCUT2D eigenvalue weighted by atomic mass is 10.2. The molecule has 0 saturated carbocycles. The molecule has 5 nitrogen and oxygen atoms in total. The van der Waals surface area contributed by atoms with E-state index in [1.54, 1.807) is 0 Å². The number of nitrogens with two attached hydrogens (primary N) is 1. The normalized spacial score (nSPS) is 16.6. The average molecular weight is 271 g/mol. The minimum absolute atomic E-state index is 0.823. The molecule has 1 aromatic carbocycles. The molecule has 0 unspecified atom stereocenters. The number of nitrogens with zero attached hydrogens (tertiary/aromatic N) is 4. The van der Waals surface area contributed by atoms with Gasteiger partial charge in [0.2, 0.25) is 0 Å². The predicted molar refractivity (Wildman–Crippen MR) is 81.6 cm³/mol. The van der Waals surface area contributed by atoms with Crippen molar-refractivity contribution in [1.29, 1.82) is 0 Å². The monoisotopic (exact) mass is 271 g/mol. The van der Waals surface area contributed by atoms with E-state index >= 15 is 0 Å². The topological polar surface area (TPSA) is 50.3 Å². The first-order valence-corrected chi connectivity index (χ1v) is 7.01. The van der Waals surface area contributed by atoms with Crippen LogP contribution in [0.2, 0.25) is 0 Å². The van der Waals surface area contributed by atoms with Crippen LogP contribution in [0.5, 0.6) is 0 Å². The molecule has 5 heteroatoms. The van der Waals surface area contributed by atoms with E-state index in [1.165, 1.54) is 11.3 Å². The number of hydrogen-bond acceptors (Lipinski definition) is 4. The van der Waals surface area contributed by atoms with Gasteiger partial charge in [-0.25, -0.2) is 0 Å². The van der Waals surface area contributed by atoms with Gasteiger partial charge in [-0.05, 0) is 24.3 Å². The molecular weight excluding hydrogens is 250 g/mol. The standard InChI is InChI=1S/C15H21N5/c1-18-11-13(10-17-18)12-19-6-8-20(9-7-19)15-4-2-14(16)3-5-15/h2-5,10-11H,6-9,12,16H2,1H3. The Morgan fingerprint density at radius 3 is 2.40 bits per heavy atom. The molecule has 0 spiro atoms. The minimum Gasteiger partial charge on any atom is -0.399 e. The van der Waals surface area contributed by atoms with Crippen LogP contribution in [0, 0.1) is 0 Å². The van der Waals surface area contributed by atoms with Crippen LogP contribution in [0.15, 0.2) is 36.7 Å². The summed E-state index contributed by atoms with van der Waals surface area (Å²) in [6.45, 7) is 5.27. The van der Waals surface area contributed by atoms with Crippen molar-refractivity contribution >= 4 is 11.4 Å². The van der Waals surface area contributed by atoms with Gasteiger partial charge in [-0.2, -0.15) is 5.10 Å². The Balaban J connectivity index is 1.55. The molecule has 2 heterocycles. The Labute approximate surface area is 119 Å². The van der Waals surface area contributed by atoms with Gasteiger partial charge in [-0.1, -0.05) is 0 Å². The first kappa shape index (κ1) is 13.0. The largest absolute Gasteiger partial charge is 0.399 e. The van der Waals surface area contributed by atoms with Gasteiger partial charge in [0, 0.05) is 62.9 Å². The number of aryl methyl sites for hydroxylation is 1. The fourth-order valence-electron chi connectivity index (χ4n) is 2.66. The van der Waals surface area contributed by atoms with Crippen molar-refractivity contribution in [2.45, 2.75) is 6.54 Å². The van der Waals surface area contributed by atoms with E-state index in [-0.39, 0.29) is 0 Å². The molecule has 0 amide bonds. The van der Waals surface area contributed by atoms with Crippen LogP contribution in [0.4, 0.5) is 11.4 Å². The highest BCUT2D eigenvalue weighted by molar-refractivity contribution is 5.53. The van der Waals surface area contributed by atoms with Crippen LogP contribution in [0.3, 0.4) is 0 Å². The average Bonchev–Trinajstić information content (AvgIpc) is 2.86. The van der Waals surface area contributed by atoms with Gasteiger partial charge in [-0.15, -0.1) is 0 Å². The second kappa shape index (κ2) is 5.54. The summed E-state index contributed by atoms with van der Waals surface area (Å²) in [6.07, 6.45) is 4.04. The van der Waals surface area contributed by atoms with Gasteiger partial charge >= 0.3 is 0 Å². The highest BCUT2D eigenvalue weighted by Crippen LogP contribution is 2.18. The molecule has 1 saturated heterocycles. The molecule has 1 fully saturated rings. The number of piperazine rings is 1. The molecule has 0 radical (unpaired) electrons. The molecule has 0 aliphatic carbocycles. The van der Waals surface area contributed by atoms with Crippen molar-refractivity contribution in [2.75, 3.05) is 36.8 Å². The fraction of sp³-hybridized carbons (Fsp3) is 0.400. The van der Waals surface area contributed by atoms with Gasteiger partial charge in [-0.3, -0.25) is 9.58 Å². The minimum atomic E-state index is 0.823. The summed E-state index contributed by atoms with van der Waals surface area (Å²) in [5.41, 5.74) is 9.10. The smallest absolute Gasteiger partial charge is 0.0534 e. The molecule has 3 rings (SSSR count). The van der Waals surface area contributed by atoms with Crippen molar-refractivity contribution in [2.24, 2.45) is 7.05 Å². The highest BCUT2D eigenvalue weighted by atomic mass is 15.3. The third-order valence-electron chi connectivity index (χ3n) is 3.80. The number of anilines is 2. The maximum absolute atomic E-state index is 5.73. The first-order valence-electron chi connectivity index (χ1n) is 7.01. The van der Waals surface area contributed by atoms with Crippen molar-refractivity contribution in [1.82, 2.24) is 14.7 Å². The van der Waals surface area contributed by atoms with Crippen LogP contribution in [-0.4, -0.2) is 40.9 Å². The zero-order valence-corrected chi connectivity index (χ0v) is 11.9. The van der Waals surface area contributed by atoms with Gasteiger partial charge < -0.3 is 10.6 Å². The maximum Gasteiger partial charge on any atom is 0.0534 e. The third-order valence-corrected chi connectivity index (χ3v) is 3.80. The lowest BCUT2D eigenvalue weighted by molar-refractivity contribution is 0.250. The Hall–Kier alpha value is -2.01. The molecule has 1 aliphatic rings. The molecule has 2 N–H and O–H groups in total. The third kappa shape index (κ3) is 2.93. The lowest BCUT2D eigenvalue weighted by Gasteiger charge is -2.36. The summed E-state index contributed by atoms with van der Waals surface area (Å²) < 4.78 is 1.86. The molecular formula is C15H21N5. The van der Waals surface area contributed by atoms with Gasteiger partial charge in [0.15, 0.2) is 0 Å². The molecule has 106 valence electrons. The van der Waals surface area contributed by atoms with Crippen LogP contribution >= 0.6 is 0 Å². The number of benzene rings is 1.